The van der Waals surface area contributed by atoms with Crippen LogP contribution >= 0.6 is 0 Å². The summed E-state index contributed by atoms with van der Waals surface area (Å²) in [6.07, 6.45) is 3.88. The zero-order valence-corrected chi connectivity index (χ0v) is 12.3. The minimum atomic E-state index is -0.354. The summed E-state index contributed by atoms with van der Waals surface area (Å²) in [5.74, 6) is -0.346. The zero-order chi connectivity index (χ0) is 14.2. The van der Waals surface area contributed by atoms with Crippen molar-refractivity contribution in [3.8, 4) is 0 Å². The highest BCUT2D eigenvalue weighted by molar-refractivity contribution is 5.99. The molecule has 0 heterocycles. The van der Waals surface area contributed by atoms with Gasteiger partial charge in [-0.1, -0.05) is 19.9 Å². The Labute approximate surface area is 115 Å². The second-order valence-corrected chi connectivity index (χ2v) is 6.74. The Kier molecular flexibility index (Phi) is 3.80. The fourth-order valence-corrected chi connectivity index (χ4v) is 3.09. The molecule has 2 rings (SSSR count). The van der Waals surface area contributed by atoms with Gasteiger partial charge >= 0.3 is 0 Å². The lowest BCUT2D eigenvalue weighted by molar-refractivity contribution is 0.0833. The number of halogens is 1. The van der Waals surface area contributed by atoms with Crippen LogP contribution in [0.15, 0.2) is 12.1 Å². The molecular formula is C17H23FO. The number of hydrogen-bond donors (Lipinski definition) is 0. The lowest BCUT2D eigenvalue weighted by Gasteiger charge is -2.33. The first-order chi connectivity index (χ1) is 8.80. The molecule has 1 aromatic rings. The van der Waals surface area contributed by atoms with Gasteiger partial charge in [-0.3, -0.25) is 4.79 Å². The number of aryl methyl sites for hydroxylation is 2. The van der Waals surface area contributed by atoms with Crippen molar-refractivity contribution in [2.45, 2.75) is 53.4 Å². The van der Waals surface area contributed by atoms with Gasteiger partial charge in [0.15, 0.2) is 5.78 Å². The van der Waals surface area contributed by atoms with Gasteiger partial charge in [0.05, 0.1) is 5.56 Å². The molecule has 104 valence electrons. The van der Waals surface area contributed by atoms with Crippen molar-refractivity contribution >= 4 is 5.78 Å². The Bertz CT molecular complexity index is 469. The first-order valence-electron chi connectivity index (χ1n) is 7.11. The van der Waals surface area contributed by atoms with E-state index in [0.717, 1.165) is 36.8 Å². The Morgan fingerprint density at radius 2 is 1.79 bits per heavy atom. The van der Waals surface area contributed by atoms with Crippen LogP contribution in [0.1, 0.15) is 61.0 Å². The lowest BCUT2D eigenvalue weighted by atomic mass is 9.71. The molecule has 1 fully saturated rings. The summed E-state index contributed by atoms with van der Waals surface area (Å²) in [6, 6.07) is 3.36. The van der Waals surface area contributed by atoms with E-state index < -0.39 is 0 Å². The summed E-state index contributed by atoms with van der Waals surface area (Å²) in [5, 5.41) is 0. The minimum Gasteiger partial charge on any atom is -0.294 e. The third-order valence-corrected chi connectivity index (χ3v) is 4.39. The summed E-state index contributed by atoms with van der Waals surface area (Å²) < 4.78 is 14.0. The number of carbonyl (C=O) groups excluding carboxylic acids is 1. The molecular weight excluding hydrogens is 239 g/mol. The molecule has 1 aliphatic carbocycles. The highest BCUT2D eigenvalue weighted by Gasteiger charge is 2.32. The van der Waals surface area contributed by atoms with Crippen molar-refractivity contribution in [1.82, 2.24) is 0 Å². The molecule has 1 saturated carbocycles. The summed E-state index contributed by atoms with van der Waals surface area (Å²) in [6.45, 7) is 8.17. The number of carbonyl (C=O) groups is 1. The summed E-state index contributed by atoms with van der Waals surface area (Å²) >= 11 is 0. The van der Waals surface area contributed by atoms with Crippen LogP contribution in [-0.2, 0) is 0 Å². The molecule has 0 radical (unpaired) electrons. The van der Waals surface area contributed by atoms with Crippen molar-refractivity contribution in [3.05, 3.63) is 34.6 Å². The van der Waals surface area contributed by atoms with Crippen molar-refractivity contribution in [2.24, 2.45) is 11.3 Å². The van der Waals surface area contributed by atoms with E-state index in [1.165, 1.54) is 6.07 Å². The average Bonchev–Trinajstić information content (AvgIpc) is 2.27. The second-order valence-electron chi connectivity index (χ2n) is 6.74. The first kappa shape index (κ1) is 14.2. The number of rotatable bonds is 2. The van der Waals surface area contributed by atoms with Crippen molar-refractivity contribution in [1.29, 1.82) is 0 Å². The molecule has 1 nitrogen and oxygen atoms in total. The molecule has 1 aliphatic rings. The van der Waals surface area contributed by atoms with Crippen LogP contribution in [0.3, 0.4) is 0 Å². The molecule has 0 unspecified atom stereocenters. The van der Waals surface area contributed by atoms with Gasteiger partial charge in [-0.05, 0) is 62.1 Å². The normalized spacial score (nSPS) is 19.4. The lowest BCUT2D eigenvalue weighted by Crippen LogP contribution is -2.27. The molecule has 0 aromatic heterocycles. The van der Waals surface area contributed by atoms with E-state index in [4.69, 9.17) is 0 Å². The van der Waals surface area contributed by atoms with Crippen LogP contribution in [-0.4, -0.2) is 5.78 Å². The molecule has 0 aliphatic heterocycles. The summed E-state index contributed by atoms with van der Waals surface area (Å²) in [5.41, 5.74) is 2.29. The number of Topliss-reactive ketones (excluding diaryl/α,β-unsaturated/α-hetero) is 1. The molecule has 0 N–H and O–H groups in total. The van der Waals surface area contributed by atoms with E-state index >= 15 is 0 Å². The minimum absolute atomic E-state index is 0.00364. The van der Waals surface area contributed by atoms with Crippen molar-refractivity contribution in [3.63, 3.8) is 0 Å². The maximum absolute atomic E-state index is 14.0. The molecule has 0 amide bonds. The number of benzene rings is 1. The van der Waals surface area contributed by atoms with Crippen LogP contribution in [0.5, 0.6) is 0 Å². The van der Waals surface area contributed by atoms with Gasteiger partial charge in [-0.15, -0.1) is 0 Å². The molecule has 0 saturated heterocycles. The molecule has 2 heteroatoms. The molecule has 0 spiro atoms. The van der Waals surface area contributed by atoms with Crippen LogP contribution in [0, 0.1) is 31.0 Å². The van der Waals surface area contributed by atoms with E-state index in [0.29, 0.717) is 11.0 Å². The van der Waals surface area contributed by atoms with E-state index in [1.807, 2.05) is 19.9 Å². The average molecular weight is 262 g/mol. The third kappa shape index (κ3) is 3.05. The smallest absolute Gasteiger partial charge is 0.169 e. The SMILES string of the molecule is Cc1cc(C)c(C(=O)C2CCC(C)(C)CC2)c(F)c1. The van der Waals surface area contributed by atoms with E-state index in [-0.39, 0.29) is 17.5 Å². The monoisotopic (exact) mass is 262 g/mol. The van der Waals surface area contributed by atoms with Gasteiger partial charge < -0.3 is 0 Å². The largest absolute Gasteiger partial charge is 0.294 e. The predicted octanol–water partition coefficient (Wildman–Crippen LogP) is 4.84. The highest BCUT2D eigenvalue weighted by atomic mass is 19.1. The maximum Gasteiger partial charge on any atom is 0.169 e. The summed E-state index contributed by atoms with van der Waals surface area (Å²) in [7, 11) is 0. The highest BCUT2D eigenvalue weighted by Crippen LogP contribution is 2.39. The molecule has 1 aromatic carbocycles. The van der Waals surface area contributed by atoms with Crippen LogP contribution < -0.4 is 0 Å². The quantitative estimate of drug-likeness (QED) is 0.697. The third-order valence-electron chi connectivity index (χ3n) is 4.39. The van der Waals surface area contributed by atoms with E-state index in [2.05, 4.69) is 13.8 Å². The van der Waals surface area contributed by atoms with Gasteiger partial charge in [0.2, 0.25) is 0 Å². The zero-order valence-electron chi connectivity index (χ0n) is 12.3. The predicted molar refractivity (Wildman–Crippen MR) is 75.9 cm³/mol. The Balaban J connectivity index is 2.22. The Morgan fingerprint density at radius 1 is 1.21 bits per heavy atom. The van der Waals surface area contributed by atoms with Gasteiger partial charge in [0.25, 0.3) is 0 Å². The Morgan fingerprint density at radius 3 is 2.32 bits per heavy atom. The Hall–Kier alpha value is -1.18. The van der Waals surface area contributed by atoms with Gasteiger partial charge in [0, 0.05) is 5.92 Å². The number of hydrogen-bond acceptors (Lipinski definition) is 1. The molecule has 0 atom stereocenters. The fraction of sp³-hybridized carbons (Fsp3) is 0.588. The fourth-order valence-electron chi connectivity index (χ4n) is 3.09. The first-order valence-corrected chi connectivity index (χ1v) is 7.11. The summed E-state index contributed by atoms with van der Waals surface area (Å²) in [4.78, 5) is 12.5. The number of ketones is 1. The second kappa shape index (κ2) is 5.07. The molecule has 19 heavy (non-hydrogen) atoms. The van der Waals surface area contributed by atoms with Crippen molar-refractivity contribution < 1.29 is 9.18 Å². The topological polar surface area (TPSA) is 17.1 Å². The van der Waals surface area contributed by atoms with Gasteiger partial charge in [-0.2, -0.15) is 0 Å². The van der Waals surface area contributed by atoms with E-state index in [1.54, 1.807) is 0 Å². The van der Waals surface area contributed by atoms with Crippen LogP contribution in [0.2, 0.25) is 0 Å². The van der Waals surface area contributed by atoms with E-state index in [9.17, 15) is 9.18 Å². The molecule has 0 bridgehead atoms. The van der Waals surface area contributed by atoms with Gasteiger partial charge in [0.1, 0.15) is 5.82 Å². The van der Waals surface area contributed by atoms with Crippen LogP contribution in [0.25, 0.3) is 0 Å². The van der Waals surface area contributed by atoms with Crippen LogP contribution in [0.4, 0.5) is 4.39 Å². The van der Waals surface area contributed by atoms with Gasteiger partial charge in [-0.25, -0.2) is 4.39 Å². The maximum atomic E-state index is 14.0. The van der Waals surface area contributed by atoms with Crippen molar-refractivity contribution in [2.75, 3.05) is 0 Å². The standard InChI is InChI=1S/C17H23FO/c1-11-9-12(2)15(14(18)10-11)16(19)13-5-7-17(3,4)8-6-13/h9-10,13H,5-8H2,1-4H3.